The van der Waals surface area contributed by atoms with Crippen LogP contribution in [0.5, 0.6) is 0 Å². The van der Waals surface area contributed by atoms with Crippen molar-refractivity contribution in [3.8, 4) is 0 Å². The maximum atomic E-state index is 5.77. The monoisotopic (exact) mass is 316 g/mol. The Balaban J connectivity index is 2.08. The van der Waals surface area contributed by atoms with Gasteiger partial charge in [-0.25, -0.2) is 0 Å². The van der Waals surface area contributed by atoms with Gasteiger partial charge in [-0.2, -0.15) is 11.3 Å². The highest BCUT2D eigenvalue weighted by Gasteiger charge is 2.32. The molecular formula is C13H21BrN2S. The maximum Gasteiger partial charge on any atom is 0.0507 e. The first-order chi connectivity index (χ1) is 8.03. The molecule has 1 atom stereocenters. The number of hydrazine groups is 1. The average molecular weight is 317 g/mol. The second kappa shape index (κ2) is 5.39. The first-order valence-corrected chi connectivity index (χ1v) is 7.95. The lowest BCUT2D eigenvalue weighted by atomic mass is 9.70. The molecule has 17 heavy (non-hydrogen) atoms. The van der Waals surface area contributed by atoms with Crippen LogP contribution in [0.4, 0.5) is 0 Å². The third-order valence-corrected chi connectivity index (χ3v) is 5.76. The zero-order valence-corrected chi connectivity index (χ0v) is 12.9. The van der Waals surface area contributed by atoms with Crippen LogP contribution < -0.4 is 11.3 Å². The van der Waals surface area contributed by atoms with Crippen LogP contribution in [0.15, 0.2) is 15.2 Å². The smallest absolute Gasteiger partial charge is 0.0507 e. The highest BCUT2D eigenvalue weighted by atomic mass is 79.9. The molecule has 2 nitrogen and oxygen atoms in total. The molecule has 0 aliphatic heterocycles. The molecule has 2 rings (SSSR count). The number of hydrogen-bond donors (Lipinski definition) is 2. The van der Waals surface area contributed by atoms with Gasteiger partial charge in [0.25, 0.3) is 0 Å². The van der Waals surface area contributed by atoms with Gasteiger partial charge >= 0.3 is 0 Å². The van der Waals surface area contributed by atoms with Crippen molar-refractivity contribution < 1.29 is 0 Å². The summed E-state index contributed by atoms with van der Waals surface area (Å²) in [5.74, 6) is 6.43. The molecule has 0 spiro atoms. The van der Waals surface area contributed by atoms with E-state index in [9.17, 15) is 0 Å². The lowest BCUT2D eigenvalue weighted by molar-refractivity contribution is 0.161. The standard InChI is InChI=1S/C13H21BrN2S/c1-13(2)5-3-9(4-6-13)12(16-15)10-7-17-8-11(10)14/h7-9,12,16H,3-6,15H2,1-2H3. The summed E-state index contributed by atoms with van der Waals surface area (Å²) >= 11 is 5.34. The molecule has 1 aromatic rings. The zero-order valence-electron chi connectivity index (χ0n) is 10.5. The van der Waals surface area contributed by atoms with Crippen LogP contribution in [-0.4, -0.2) is 0 Å². The van der Waals surface area contributed by atoms with Crippen LogP contribution in [0, 0.1) is 11.3 Å². The predicted octanol–water partition coefficient (Wildman–Crippen LogP) is 4.23. The van der Waals surface area contributed by atoms with E-state index in [-0.39, 0.29) is 0 Å². The first kappa shape index (κ1) is 13.5. The van der Waals surface area contributed by atoms with Crippen LogP contribution in [-0.2, 0) is 0 Å². The van der Waals surface area contributed by atoms with Crippen LogP contribution in [0.25, 0.3) is 0 Å². The van der Waals surface area contributed by atoms with E-state index in [1.165, 1.54) is 35.7 Å². The molecular weight excluding hydrogens is 296 g/mol. The van der Waals surface area contributed by atoms with Gasteiger partial charge in [-0.3, -0.25) is 11.3 Å². The number of rotatable bonds is 3. The average Bonchev–Trinajstić information content (AvgIpc) is 2.69. The van der Waals surface area contributed by atoms with Gasteiger partial charge in [0.1, 0.15) is 0 Å². The van der Waals surface area contributed by atoms with Crippen LogP contribution in [0.3, 0.4) is 0 Å². The van der Waals surface area contributed by atoms with Crippen molar-refractivity contribution >= 4 is 27.3 Å². The molecule has 1 heterocycles. The number of nitrogens with two attached hydrogens (primary N) is 1. The fraction of sp³-hybridized carbons (Fsp3) is 0.692. The summed E-state index contributed by atoms with van der Waals surface area (Å²) in [6, 6.07) is 0.298. The molecule has 1 fully saturated rings. The Morgan fingerprint density at radius 2 is 2.06 bits per heavy atom. The molecule has 4 heteroatoms. The van der Waals surface area contributed by atoms with Crippen LogP contribution in [0.1, 0.15) is 51.1 Å². The van der Waals surface area contributed by atoms with Gasteiger partial charge in [-0.1, -0.05) is 13.8 Å². The topological polar surface area (TPSA) is 38.0 Å². The Hall–Kier alpha value is 0.100. The van der Waals surface area contributed by atoms with Gasteiger partial charge in [0, 0.05) is 9.85 Å². The molecule has 96 valence electrons. The van der Waals surface area contributed by atoms with E-state index in [1.807, 2.05) is 0 Å². The minimum Gasteiger partial charge on any atom is -0.271 e. The minimum atomic E-state index is 0.298. The van der Waals surface area contributed by atoms with E-state index < -0.39 is 0 Å². The summed E-state index contributed by atoms with van der Waals surface area (Å²) in [5, 5.41) is 4.33. The van der Waals surface area contributed by atoms with Crippen molar-refractivity contribution in [2.45, 2.75) is 45.6 Å². The summed E-state index contributed by atoms with van der Waals surface area (Å²) in [5.41, 5.74) is 4.86. The Bertz CT molecular complexity index is 365. The summed E-state index contributed by atoms with van der Waals surface area (Å²) in [7, 11) is 0. The van der Waals surface area contributed by atoms with Gasteiger partial charge in [0.05, 0.1) is 6.04 Å². The van der Waals surface area contributed by atoms with Crippen molar-refractivity contribution in [2.75, 3.05) is 0 Å². The maximum absolute atomic E-state index is 5.77. The van der Waals surface area contributed by atoms with Crippen molar-refractivity contribution in [2.24, 2.45) is 17.2 Å². The highest BCUT2D eigenvalue weighted by Crippen LogP contribution is 2.44. The Labute approximate surface area is 116 Å². The van der Waals surface area contributed by atoms with Gasteiger partial charge in [0.15, 0.2) is 0 Å². The van der Waals surface area contributed by atoms with E-state index >= 15 is 0 Å². The Morgan fingerprint density at radius 1 is 1.41 bits per heavy atom. The van der Waals surface area contributed by atoms with Gasteiger partial charge in [-0.15, -0.1) is 0 Å². The third kappa shape index (κ3) is 3.11. The molecule has 1 unspecified atom stereocenters. The van der Waals surface area contributed by atoms with Crippen molar-refractivity contribution in [3.05, 3.63) is 20.8 Å². The highest BCUT2D eigenvalue weighted by molar-refractivity contribution is 9.10. The summed E-state index contributed by atoms with van der Waals surface area (Å²) in [4.78, 5) is 0. The molecule has 1 aliphatic carbocycles. The fourth-order valence-electron chi connectivity index (χ4n) is 2.75. The predicted molar refractivity (Wildman–Crippen MR) is 77.8 cm³/mol. The van der Waals surface area contributed by atoms with Gasteiger partial charge in [0.2, 0.25) is 0 Å². The van der Waals surface area contributed by atoms with Gasteiger partial charge in [-0.05, 0) is 63.9 Å². The van der Waals surface area contributed by atoms with Crippen LogP contribution in [0.2, 0.25) is 0 Å². The number of nitrogens with one attached hydrogen (secondary N) is 1. The zero-order chi connectivity index (χ0) is 12.5. The second-order valence-electron chi connectivity index (χ2n) is 5.82. The summed E-state index contributed by atoms with van der Waals surface area (Å²) in [6.07, 6.45) is 5.14. The Morgan fingerprint density at radius 3 is 2.53 bits per heavy atom. The van der Waals surface area contributed by atoms with E-state index in [0.29, 0.717) is 17.4 Å². The molecule has 0 radical (unpaired) electrons. The molecule has 1 aliphatic rings. The molecule has 1 saturated carbocycles. The second-order valence-corrected chi connectivity index (χ2v) is 7.42. The largest absolute Gasteiger partial charge is 0.271 e. The minimum absolute atomic E-state index is 0.298. The lowest BCUT2D eigenvalue weighted by Gasteiger charge is -2.37. The van der Waals surface area contributed by atoms with Crippen molar-refractivity contribution in [1.82, 2.24) is 5.43 Å². The van der Waals surface area contributed by atoms with E-state index in [2.05, 4.69) is 46.0 Å². The molecule has 0 aromatic carbocycles. The molecule has 0 saturated heterocycles. The first-order valence-electron chi connectivity index (χ1n) is 6.21. The molecule has 0 amide bonds. The normalized spacial score (nSPS) is 22.6. The summed E-state index contributed by atoms with van der Waals surface area (Å²) < 4.78 is 1.19. The van der Waals surface area contributed by atoms with Crippen molar-refractivity contribution in [3.63, 3.8) is 0 Å². The SMILES string of the molecule is CC1(C)CCC(C(NN)c2cscc2Br)CC1. The third-order valence-electron chi connectivity index (χ3n) is 4.01. The summed E-state index contributed by atoms with van der Waals surface area (Å²) in [6.45, 7) is 4.74. The van der Waals surface area contributed by atoms with E-state index in [1.54, 1.807) is 11.3 Å². The van der Waals surface area contributed by atoms with E-state index in [0.717, 1.165) is 0 Å². The van der Waals surface area contributed by atoms with Crippen LogP contribution >= 0.6 is 27.3 Å². The van der Waals surface area contributed by atoms with Gasteiger partial charge < -0.3 is 0 Å². The molecule has 3 N–H and O–H groups in total. The molecule has 0 bridgehead atoms. The number of hydrogen-bond acceptors (Lipinski definition) is 3. The Kier molecular flexibility index (Phi) is 4.29. The number of halogens is 1. The quantitative estimate of drug-likeness (QED) is 0.647. The van der Waals surface area contributed by atoms with E-state index in [4.69, 9.17) is 5.84 Å². The molecule has 1 aromatic heterocycles. The number of thiophene rings is 1. The lowest BCUT2D eigenvalue weighted by Crippen LogP contribution is -2.36. The van der Waals surface area contributed by atoms with Crippen molar-refractivity contribution in [1.29, 1.82) is 0 Å². The fourth-order valence-corrected chi connectivity index (χ4v) is 4.33.